The number of aliphatic carboxylic acids is 1. The number of nitrogens with one attached hydrogen (secondary N) is 1. The predicted octanol–water partition coefficient (Wildman–Crippen LogP) is -0.521. The maximum absolute atomic E-state index is 12.5. The number of ether oxygens (including phenoxy) is 1. The van der Waals surface area contributed by atoms with Crippen LogP contribution in [0.15, 0.2) is 0 Å². The van der Waals surface area contributed by atoms with Crippen molar-refractivity contribution in [1.29, 1.82) is 0 Å². The number of nitrogens with two attached hydrogens (primary N) is 1. The second kappa shape index (κ2) is 8.73. The molecule has 0 aliphatic carbocycles. The van der Waals surface area contributed by atoms with Crippen molar-refractivity contribution in [2.24, 2.45) is 5.73 Å². The zero-order valence-corrected chi connectivity index (χ0v) is 12.7. The number of amides is 3. The number of carboxylic acids is 1. The summed E-state index contributed by atoms with van der Waals surface area (Å²) in [5, 5.41) is 11.3. The van der Waals surface area contributed by atoms with Gasteiger partial charge in [-0.2, -0.15) is 11.8 Å². The molecular formula is C12H21N3O5S. The number of morpholine rings is 1. The highest BCUT2D eigenvalue weighted by atomic mass is 32.2. The quantitative estimate of drug-likeness (QED) is 0.580. The topological polar surface area (TPSA) is 122 Å². The van der Waals surface area contributed by atoms with E-state index in [0.717, 1.165) is 0 Å². The molecule has 0 radical (unpaired) electrons. The van der Waals surface area contributed by atoms with Crippen molar-refractivity contribution in [3.05, 3.63) is 0 Å². The molecule has 0 aromatic carbocycles. The lowest BCUT2D eigenvalue weighted by Gasteiger charge is -2.37. The van der Waals surface area contributed by atoms with E-state index in [9.17, 15) is 14.4 Å². The zero-order valence-electron chi connectivity index (χ0n) is 11.9. The average molecular weight is 319 g/mol. The molecule has 1 saturated heterocycles. The third-order valence-electron chi connectivity index (χ3n) is 3.15. The summed E-state index contributed by atoms with van der Waals surface area (Å²) in [6.07, 6.45) is 2.16. The first-order valence-electron chi connectivity index (χ1n) is 6.60. The van der Waals surface area contributed by atoms with Gasteiger partial charge in [0, 0.05) is 6.54 Å². The van der Waals surface area contributed by atoms with Gasteiger partial charge in [0.1, 0.15) is 6.04 Å². The van der Waals surface area contributed by atoms with Gasteiger partial charge < -0.3 is 25.8 Å². The molecule has 0 aromatic heterocycles. The molecule has 0 aromatic rings. The van der Waals surface area contributed by atoms with Gasteiger partial charge in [0.15, 0.2) is 0 Å². The molecule has 8 nitrogen and oxygen atoms in total. The van der Waals surface area contributed by atoms with Crippen LogP contribution in [-0.2, 0) is 14.3 Å². The first-order valence-corrected chi connectivity index (χ1v) is 8.00. The Labute approximate surface area is 127 Å². The molecule has 4 N–H and O–H groups in total. The van der Waals surface area contributed by atoms with Gasteiger partial charge in [0.25, 0.3) is 0 Å². The fraction of sp³-hybridized carbons (Fsp3) is 0.750. The summed E-state index contributed by atoms with van der Waals surface area (Å²) in [6.45, 7) is 0.852. The molecule has 1 heterocycles. The van der Waals surface area contributed by atoms with E-state index in [1.807, 2.05) is 6.26 Å². The Morgan fingerprint density at radius 2 is 2.24 bits per heavy atom. The number of primary amides is 1. The van der Waals surface area contributed by atoms with Gasteiger partial charge in [-0.3, -0.25) is 9.59 Å². The van der Waals surface area contributed by atoms with Crippen LogP contribution >= 0.6 is 11.8 Å². The van der Waals surface area contributed by atoms with Gasteiger partial charge >= 0.3 is 12.0 Å². The number of rotatable bonds is 7. The minimum absolute atomic E-state index is 0.183. The van der Waals surface area contributed by atoms with E-state index in [0.29, 0.717) is 25.3 Å². The first-order chi connectivity index (χ1) is 9.95. The van der Waals surface area contributed by atoms with Crippen molar-refractivity contribution >= 4 is 29.7 Å². The minimum Gasteiger partial charge on any atom is -0.481 e. The molecule has 1 rings (SSSR count). The molecule has 21 heavy (non-hydrogen) atoms. The van der Waals surface area contributed by atoms with E-state index in [1.54, 1.807) is 11.8 Å². The van der Waals surface area contributed by atoms with Crippen LogP contribution < -0.4 is 11.1 Å². The van der Waals surface area contributed by atoms with E-state index in [2.05, 4.69) is 5.32 Å². The summed E-state index contributed by atoms with van der Waals surface area (Å²) in [5.41, 5.74) is 5.10. The van der Waals surface area contributed by atoms with E-state index in [-0.39, 0.29) is 18.9 Å². The lowest BCUT2D eigenvalue weighted by atomic mass is 10.1. The maximum atomic E-state index is 12.5. The van der Waals surface area contributed by atoms with Crippen LogP contribution in [0.2, 0.25) is 0 Å². The monoisotopic (exact) mass is 319 g/mol. The molecule has 120 valence electrons. The Balaban J connectivity index is 2.77. The second-order valence-corrected chi connectivity index (χ2v) is 5.69. The number of urea groups is 1. The smallest absolute Gasteiger partial charge is 0.312 e. The Hall–Kier alpha value is -1.48. The van der Waals surface area contributed by atoms with E-state index >= 15 is 0 Å². The van der Waals surface area contributed by atoms with Crippen LogP contribution in [0.1, 0.15) is 12.8 Å². The predicted molar refractivity (Wildman–Crippen MR) is 78.1 cm³/mol. The highest BCUT2D eigenvalue weighted by Gasteiger charge is 2.33. The number of carbonyl (C=O) groups excluding carboxylic acids is 2. The number of carbonyl (C=O) groups is 3. The summed E-state index contributed by atoms with van der Waals surface area (Å²) in [6, 6.07) is -2.02. The number of hydrogen-bond acceptors (Lipinski definition) is 5. The van der Waals surface area contributed by atoms with Gasteiger partial charge in [-0.15, -0.1) is 0 Å². The molecule has 9 heteroatoms. The van der Waals surface area contributed by atoms with Crippen molar-refractivity contribution in [3.8, 4) is 0 Å². The Morgan fingerprint density at radius 1 is 1.52 bits per heavy atom. The summed E-state index contributed by atoms with van der Waals surface area (Å²) >= 11 is 1.55. The van der Waals surface area contributed by atoms with Crippen molar-refractivity contribution in [3.63, 3.8) is 0 Å². The Kier molecular flexibility index (Phi) is 7.30. The van der Waals surface area contributed by atoms with Crippen LogP contribution in [0.3, 0.4) is 0 Å². The molecule has 0 spiro atoms. The van der Waals surface area contributed by atoms with Crippen LogP contribution in [0, 0.1) is 0 Å². The number of hydrogen-bond donors (Lipinski definition) is 3. The lowest BCUT2D eigenvalue weighted by molar-refractivity contribution is -0.147. The average Bonchev–Trinajstić information content (AvgIpc) is 2.42. The van der Waals surface area contributed by atoms with Gasteiger partial charge in [0.2, 0.25) is 5.91 Å². The summed E-state index contributed by atoms with van der Waals surface area (Å²) in [5.74, 6) is -0.617. The Morgan fingerprint density at radius 3 is 2.81 bits per heavy atom. The summed E-state index contributed by atoms with van der Waals surface area (Å²) < 4.78 is 5.23. The van der Waals surface area contributed by atoms with Crippen LogP contribution in [-0.4, -0.2) is 71.8 Å². The molecule has 1 aliphatic rings. The molecule has 2 atom stereocenters. The molecule has 1 fully saturated rings. The number of nitrogens with zero attached hydrogens (tertiary/aromatic N) is 1. The van der Waals surface area contributed by atoms with Gasteiger partial charge in [-0.25, -0.2) is 4.79 Å². The van der Waals surface area contributed by atoms with E-state index < -0.39 is 24.1 Å². The fourth-order valence-corrected chi connectivity index (χ4v) is 2.65. The molecule has 3 amide bonds. The summed E-state index contributed by atoms with van der Waals surface area (Å²) in [7, 11) is 0. The fourth-order valence-electron chi connectivity index (χ4n) is 2.18. The third-order valence-corrected chi connectivity index (χ3v) is 3.79. The van der Waals surface area contributed by atoms with E-state index in [4.69, 9.17) is 15.6 Å². The molecule has 1 aliphatic heterocycles. The number of thioether (sulfide) groups is 1. The largest absolute Gasteiger partial charge is 0.481 e. The Bertz CT molecular complexity index is 393. The van der Waals surface area contributed by atoms with Crippen LogP contribution in [0.4, 0.5) is 4.79 Å². The number of carboxylic acid groups (broad SMARTS) is 1. The molecule has 0 saturated carbocycles. The first kappa shape index (κ1) is 17.6. The second-order valence-electron chi connectivity index (χ2n) is 4.70. The highest BCUT2D eigenvalue weighted by Crippen LogP contribution is 2.14. The van der Waals surface area contributed by atoms with Crippen molar-refractivity contribution in [1.82, 2.24) is 10.2 Å². The molecule has 2 unspecified atom stereocenters. The van der Waals surface area contributed by atoms with Crippen LogP contribution in [0.5, 0.6) is 0 Å². The van der Waals surface area contributed by atoms with E-state index in [1.165, 1.54) is 4.90 Å². The summed E-state index contributed by atoms with van der Waals surface area (Å²) in [4.78, 5) is 35.9. The van der Waals surface area contributed by atoms with Crippen LogP contribution in [0.25, 0.3) is 0 Å². The van der Waals surface area contributed by atoms with Gasteiger partial charge in [0.05, 0.1) is 25.7 Å². The standard InChI is InChI=1S/C12H21N3O5S/c1-21-5-2-9(14-12(13)19)11(18)15-3-4-20-7-8(15)6-10(16)17/h8-9H,2-7H2,1H3,(H,16,17)(H3,13,14,19). The SMILES string of the molecule is CSCCC(NC(N)=O)C(=O)N1CCOCC1CC(=O)O. The van der Waals surface area contributed by atoms with Crippen molar-refractivity contribution in [2.45, 2.75) is 24.9 Å². The molecule has 0 bridgehead atoms. The minimum atomic E-state index is -0.994. The van der Waals surface area contributed by atoms with Gasteiger partial charge in [-0.05, 0) is 18.4 Å². The van der Waals surface area contributed by atoms with Crippen molar-refractivity contribution < 1.29 is 24.2 Å². The normalized spacial score (nSPS) is 19.9. The third kappa shape index (κ3) is 5.80. The van der Waals surface area contributed by atoms with Crippen molar-refractivity contribution in [2.75, 3.05) is 31.8 Å². The highest BCUT2D eigenvalue weighted by molar-refractivity contribution is 7.98. The van der Waals surface area contributed by atoms with Gasteiger partial charge in [-0.1, -0.05) is 0 Å². The maximum Gasteiger partial charge on any atom is 0.312 e. The molecular weight excluding hydrogens is 298 g/mol. The lowest BCUT2D eigenvalue weighted by Crippen LogP contribution is -2.57. The zero-order chi connectivity index (χ0) is 15.8.